The quantitative estimate of drug-likeness (QED) is 0.686. The number of H-pyrrole nitrogens is 1. The van der Waals surface area contributed by atoms with Gasteiger partial charge in [-0.25, -0.2) is 4.79 Å². The number of hydrogen-bond acceptors (Lipinski definition) is 4. The standard InChI is InChI=1S/C10H7F6NO4/c1-2-20-8(19)6-4(21-10(14,15)16)3-5(18)17-7(6)9(11,12)13/h3H,2H2,1H3,(H,17,18). The summed E-state index contributed by atoms with van der Waals surface area (Å²) in [5, 5.41) is 0. The van der Waals surface area contributed by atoms with E-state index in [9.17, 15) is 35.9 Å². The number of hydrogen-bond donors (Lipinski definition) is 1. The van der Waals surface area contributed by atoms with Crippen molar-refractivity contribution in [3.8, 4) is 5.75 Å². The molecule has 0 aliphatic carbocycles. The van der Waals surface area contributed by atoms with E-state index in [0.717, 1.165) is 0 Å². The van der Waals surface area contributed by atoms with Crippen LogP contribution in [0.5, 0.6) is 5.75 Å². The largest absolute Gasteiger partial charge is 0.573 e. The fraction of sp³-hybridized carbons (Fsp3) is 0.400. The number of alkyl halides is 6. The highest BCUT2D eigenvalue weighted by Crippen LogP contribution is 2.35. The molecule has 1 N–H and O–H groups in total. The van der Waals surface area contributed by atoms with Crippen molar-refractivity contribution in [2.75, 3.05) is 6.61 Å². The van der Waals surface area contributed by atoms with Crippen molar-refractivity contribution in [2.24, 2.45) is 0 Å². The molecule has 21 heavy (non-hydrogen) atoms. The van der Waals surface area contributed by atoms with Crippen LogP contribution in [0, 0.1) is 0 Å². The van der Waals surface area contributed by atoms with Crippen LogP contribution in [-0.2, 0) is 10.9 Å². The molecule has 1 aromatic rings. The van der Waals surface area contributed by atoms with Gasteiger partial charge in [-0.15, -0.1) is 13.2 Å². The Morgan fingerprint density at radius 3 is 2.24 bits per heavy atom. The molecule has 0 spiro atoms. The summed E-state index contributed by atoms with van der Waals surface area (Å²) >= 11 is 0. The van der Waals surface area contributed by atoms with E-state index in [1.165, 1.54) is 11.9 Å². The maximum absolute atomic E-state index is 12.7. The number of esters is 1. The fourth-order valence-electron chi connectivity index (χ4n) is 1.36. The minimum atomic E-state index is -5.39. The molecule has 0 radical (unpaired) electrons. The van der Waals surface area contributed by atoms with Crippen LogP contribution in [0.1, 0.15) is 23.0 Å². The zero-order valence-corrected chi connectivity index (χ0v) is 10.2. The Kier molecular flexibility index (Phi) is 4.54. The predicted molar refractivity (Wildman–Crippen MR) is 54.7 cm³/mol. The van der Waals surface area contributed by atoms with E-state index in [4.69, 9.17) is 0 Å². The summed E-state index contributed by atoms with van der Waals surface area (Å²) < 4.78 is 82.2. The van der Waals surface area contributed by atoms with E-state index >= 15 is 0 Å². The number of nitrogens with one attached hydrogen (secondary N) is 1. The Balaban J connectivity index is 3.58. The Labute approximate surface area is 112 Å². The maximum Gasteiger partial charge on any atom is 0.573 e. The highest BCUT2D eigenvalue weighted by molar-refractivity contribution is 5.93. The topological polar surface area (TPSA) is 68.4 Å². The van der Waals surface area contributed by atoms with Crippen LogP contribution in [0.2, 0.25) is 0 Å². The molecule has 0 unspecified atom stereocenters. The lowest BCUT2D eigenvalue weighted by molar-refractivity contribution is -0.275. The maximum atomic E-state index is 12.7. The Bertz CT molecular complexity index is 589. The van der Waals surface area contributed by atoms with Gasteiger partial charge in [0.2, 0.25) is 0 Å². The molecule has 1 aromatic heterocycles. The van der Waals surface area contributed by atoms with Crippen molar-refractivity contribution >= 4 is 5.97 Å². The van der Waals surface area contributed by atoms with Gasteiger partial charge in [-0.3, -0.25) is 4.79 Å². The van der Waals surface area contributed by atoms with Crippen LogP contribution in [0.4, 0.5) is 26.3 Å². The van der Waals surface area contributed by atoms with Crippen LogP contribution < -0.4 is 10.3 Å². The normalized spacial score (nSPS) is 12.1. The first-order valence-corrected chi connectivity index (χ1v) is 5.23. The summed E-state index contributed by atoms with van der Waals surface area (Å²) in [5.41, 5.74) is -5.05. The zero-order chi connectivity index (χ0) is 16.4. The molecular weight excluding hydrogens is 312 g/mol. The number of carbonyl (C=O) groups is 1. The molecule has 118 valence electrons. The number of rotatable bonds is 3. The molecule has 1 heterocycles. The molecule has 5 nitrogen and oxygen atoms in total. The van der Waals surface area contributed by atoms with Crippen LogP contribution >= 0.6 is 0 Å². The van der Waals surface area contributed by atoms with Crippen molar-refractivity contribution in [1.82, 2.24) is 4.98 Å². The lowest BCUT2D eigenvalue weighted by Crippen LogP contribution is -2.26. The van der Waals surface area contributed by atoms with Gasteiger partial charge in [0.05, 0.1) is 6.61 Å². The minimum absolute atomic E-state index is 0.0784. The first kappa shape index (κ1) is 16.9. The van der Waals surface area contributed by atoms with E-state index in [0.29, 0.717) is 0 Å². The monoisotopic (exact) mass is 319 g/mol. The summed E-state index contributed by atoms with van der Waals surface area (Å²) in [6.07, 6.45) is -10.7. The average molecular weight is 319 g/mol. The van der Waals surface area contributed by atoms with E-state index in [2.05, 4.69) is 9.47 Å². The third kappa shape index (κ3) is 4.39. The van der Waals surface area contributed by atoms with Crippen LogP contribution in [0.25, 0.3) is 0 Å². The third-order valence-electron chi connectivity index (χ3n) is 2.00. The summed E-state index contributed by atoms with van der Waals surface area (Å²) in [4.78, 5) is 23.7. The highest BCUT2D eigenvalue weighted by atomic mass is 19.4. The lowest BCUT2D eigenvalue weighted by Gasteiger charge is -2.16. The van der Waals surface area contributed by atoms with Gasteiger partial charge in [-0.05, 0) is 6.92 Å². The fourth-order valence-corrected chi connectivity index (χ4v) is 1.36. The molecule has 0 aliphatic rings. The number of halogens is 6. The van der Waals surface area contributed by atoms with Gasteiger partial charge in [0.25, 0.3) is 5.56 Å². The van der Waals surface area contributed by atoms with Gasteiger partial charge in [-0.1, -0.05) is 0 Å². The molecule has 0 aliphatic heterocycles. The van der Waals surface area contributed by atoms with Crippen molar-refractivity contribution in [2.45, 2.75) is 19.5 Å². The minimum Gasteiger partial charge on any atom is -0.462 e. The first-order valence-electron chi connectivity index (χ1n) is 5.23. The van der Waals surface area contributed by atoms with E-state index < -0.39 is 41.1 Å². The number of ether oxygens (including phenoxy) is 2. The summed E-state index contributed by atoms with van der Waals surface area (Å²) in [7, 11) is 0. The van der Waals surface area contributed by atoms with Crippen molar-refractivity contribution in [3.63, 3.8) is 0 Å². The van der Waals surface area contributed by atoms with Crippen molar-refractivity contribution < 1.29 is 40.6 Å². The molecule has 0 atom stereocenters. The SMILES string of the molecule is CCOC(=O)c1c(OC(F)(F)F)cc(=O)[nH]c1C(F)(F)F. The smallest absolute Gasteiger partial charge is 0.462 e. The third-order valence-corrected chi connectivity index (χ3v) is 2.00. The average Bonchev–Trinajstić information content (AvgIpc) is 2.24. The molecule has 0 saturated heterocycles. The van der Waals surface area contributed by atoms with E-state index in [-0.39, 0.29) is 12.7 Å². The van der Waals surface area contributed by atoms with Crippen LogP contribution in [-0.4, -0.2) is 23.9 Å². The van der Waals surface area contributed by atoms with Crippen molar-refractivity contribution in [1.29, 1.82) is 0 Å². The number of carbonyl (C=O) groups excluding carboxylic acids is 1. The number of aromatic nitrogens is 1. The van der Waals surface area contributed by atoms with Gasteiger partial charge in [0.15, 0.2) is 5.75 Å². The number of pyridine rings is 1. The van der Waals surface area contributed by atoms with Gasteiger partial charge < -0.3 is 14.5 Å². The molecule has 0 aromatic carbocycles. The van der Waals surface area contributed by atoms with E-state index in [1.54, 1.807) is 0 Å². The van der Waals surface area contributed by atoms with Gasteiger partial charge in [0, 0.05) is 6.07 Å². The van der Waals surface area contributed by atoms with E-state index in [1.807, 2.05) is 0 Å². The molecular formula is C10H7F6NO4. The highest BCUT2D eigenvalue weighted by Gasteiger charge is 2.42. The molecule has 0 bridgehead atoms. The molecule has 0 amide bonds. The summed E-state index contributed by atoms with van der Waals surface area (Å²) in [6, 6.07) is 0.0784. The Hall–Kier alpha value is -2.20. The van der Waals surface area contributed by atoms with Crippen molar-refractivity contribution in [3.05, 3.63) is 27.7 Å². The van der Waals surface area contributed by atoms with Crippen LogP contribution in [0.3, 0.4) is 0 Å². The lowest BCUT2D eigenvalue weighted by atomic mass is 10.1. The molecule has 11 heteroatoms. The first-order chi connectivity index (χ1) is 9.45. The molecule has 0 fully saturated rings. The predicted octanol–water partition coefficient (Wildman–Crippen LogP) is 2.47. The zero-order valence-electron chi connectivity index (χ0n) is 10.2. The van der Waals surface area contributed by atoms with Gasteiger partial charge in [-0.2, -0.15) is 13.2 Å². The summed E-state index contributed by atoms with van der Waals surface area (Å²) in [6.45, 7) is 0.849. The number of aromatic amines is 1. The van der Waals surface area contributed by atoms with Gasteiger partial charge >= 0.3 is 18.5 Å². The van der Waals surface area contributed by atoms with Crippen LogP contribution in [0.15, 0.2) is 10.9 Å². The second-order valence-electron chi connectivity index (χ2n) is 3.51. The molecule has 0 saturated carbocycles. The Morgan fingerprint density at radius 1 is 1.24 bits per heavy atom. The second kappa shape index (κ2) is 5.66. The molecule has 1 rings (SSSR count). The Morgan fingerprint density at radius 2 is 1.81 bits per heavy atom. The summed E-state index contributed by atoms with van der Waals surface area (Å²) in [5.74, 6) is -3.29. The second-order valence-corrected chi connectivity index (χ2v) is 3.51. The van der Waals surface area contributed by atoms with Gasteiger partial charge in [0.1, 0.15) is 11.3 Å².